The zero-order chi connectivity index (χ0) is 24.2. The molecule has 3 amide bonds. The van der Waals surface area contributed by atoms with Crippen LogP contribution < -0.4 is 11.1 Å². The molecule has 3 atom stereocenters. The summed E-state index contributed by atoms with van der Waals surface area (Å²) in [6.45, 7) is 0.948. The van der Waals surface area contributed by atoms with E-state index in [1.165, 1.54) is 13.0 Å². The van der Waals surface area contributed by atoms with E-state index in [1.807, 2.05) is 30.3 Å². The van der Waals surface area contributed by atoms with Crippen molar-refractivity contribution in [1.29, 1.82) is 0 Å². The highest BCUT2D eigenvalue weighted by atomic mass is 32.2. The van der Waals surface area contributed by atoms with Crippen molar-refractivity contribution in [2.24, 2.45) is 5.73 Å². The maximum absolute atomic E-state index is 13.9. The van der Waals surface area contributed by atoms with Crippen LogP contribution in [-0.2, 0) is 27.3 Å². The largest absolute Gasteiger partial charge is 0.383 e. The van der Waals surface area contributed by atoms with Gasteiger partial charge in [0.25, 0.3) is 5.91 Å². The highest BCUT2D eigenvalue weighted by molar-refractivity contribution is 8.01. The van der Waals surface area contributed by atoms with Crippen molar-refractivity contribution in [3.05, 3.63) is 71.3 Å². The first kappa shape index (κ1) is 24.7. The van der Waals surface area contributed by atoms with Gasteiger partial charge in [0.1, 0.15) is 28.5 Å². The molecule has 33 heavy (non-hydrogen) atoms. The summed E-state index contributed by atoms with van der Waals surface area (Å²) >= 11 is 0.996. The number of halogens is 2. The lowest BCUT2D eigenvalue weighted by molar-refractivity contribution is -0.147. The van der Waals surface area contributed by atoms with Crippen molar-refractivity contribution in [1.82, 2.24) is 10.2 Å². The fourth-order valence-corrected chi connectivity index (χ4v) is 4.90. The lowest BCUT2D eigenvalue weighted by Crippen LogP contribution is -2.59. The van der Waals surface area contributed by atoms with Gasteiger partial charge in [0.2, 0.25) is 11.8 Å². The fraction of sp³-hybridized carbons (Fsp3) is 0.348. The van der Waals surface area contributed by atoms with Crippen LogP contribution in [0, 0.1) is 11.6 Å². The zero-order valence-electron chi connectivity index (χ0n) is 18.0. The number of thioether (sulfide) groups is 1. The molecular weight excluding hydrogens is 452 g/mol. The van der Waals surface area contributed by atoms with Gasteiger partial charge in [-0.25, -0.2) is 8.78 Å². The number of nitrogens with zero attached hydrogens (tertiary/aromatic N) is 1. The number of aryl methyl sites for hydroxylation is 1. The summed E-state index contributed by atoms with van der Waals surface area (Å²) < 4.78 is 26.4. The molecule has 0 aliphatic carbocycles. The Morgan fingerprint density at radius 3 is 2.42 bits per heavy atom. The number of rotatable bonds is 8. The average Bonchev–Trinajstić information content (AvgIpc) is 3.16. The SMILES string of the molecule is CC1(C(N)=O)SCN(C(=O)C(O)CCc2ccccc2)C1C(=O)NCc1c(F)cccc1F. The van der Waals surface area contributed by atoms with Crippen LogP contribution in [0.1, 0.15) is 24.5 Å². The van der Waals surface area contributed by atoms with Crippen molar-refractivity contribution in [3.63, 3.8) is 0 Å². The van der Waals surface area contributed by atoms with Gasteiger partial charge >= 0.3 is 0 Å². The van der Waals surface area contributed by atoms with Gasteiger partial charge in [0.15, 0.2) is 0 Å². The predicted octanol–water partition coefficient (Wildman–Crippen LogP) is 1.72. The Morgan fingerprint density at radius 1 is 1.18 bits per heavy atom. The minimum Gasteiger partial charge on any atom is -0.383 e. The van der Waals surface area contributed by atoms with E-state index < -0.39 is 52.8 Å². The normalized spacial score (nSPS) is 21.0. The number of aliphatic hydroxyl groups excluding tert-OH is 1. The summed E-state index contributed by atoms with van der Waals surface area (Å²) in [6, 6.07) is 11.2. The highest BCUT2D eigenvalue weighted by Gasteiger charge is 2.55. The van der Waals surface area contributed by atoms with Crippen molar-refractivity contribution >= 4 is 29.5 Å². The first-order chi connectivity index (χ1) is 15.6. The van der Waals surface area contributed by atoms with Crippen LogP contribution in [0.15, 0.2) is 48.5 Å². The van der Waals surface area contributed by atoms with E-state index in [2.05, 4.69) is 5.32 Å². The van der Waals surface area contributed by atoms with Crippen LogP contribution in [0.2, 0.25) is 0 Å². The Bertz CT molecular complexity index is 1020. The number of carbonyl (C=O) groups excluding carboxylic acids is 3. The van der Waals surface area contributed by atoms with E-state index in [4.69, 9.17) is 5.73 Å². The smallest absolute Gasteiger partial charge is 0.252 e. The molecule has 1 heterocycles. The maximum atomic E-state index is 13.9. The van der Waals surface area contributed by atoms with E-state index in [1.54, 1.807) is 0 Å². The van der Waals surface area contributed by atoms with E-state index in [-0.39, 0.29) is 17.9 Å². The molecule has 2 aromatic carbocycles. The summed E-state index contributed by atoms with van der Waals surface area (Å²) in [5, 5.41) is 12.9. The van der Waals surface area contributed by atoms with Gasteiger partial charge in [0.05, 0.1) is 5.88 Å². The second-order valence-corrected chi connectivity index (χ2v) is 9.31. The first-order valence-corrected chi connectivity index (χ1v) is 11.3. The molecule has 1 aliphatic rings. The number of nitrogens with one attached hydrogen (secondary N) is 1. The van der Waals surface area contributed by atoms with Crippen LogP contribution in [0.3, 0.4) is 0 Å². The van der Waals surface area contributed by atoms with Gasteiger partial charge in [-0.05, 0) is 37.5 Å². The average molecular weight is 478 g/mol. The van der Waals surface area contributed by atoms with Gasteiger partial charge in [-0.15, -0.1) is 11.8 Å². The molecule has 1 fully saturated rings. The van der Waals surface area contributed by atoms with E-state index >= 15 is 0 Å². The molecule has 3 rings (SSSR count). The molecule has 0 radical (unpaired) electrons. The molecule has 3 unspecified atom stereocenters. The van der Waals surface area contributed by atoms with Crippen molar-refractivity contribution in [2.45, 2.75) is 43.2 Å². The number of primary amides is 1. The molecule has 2 aromatic rings. The molecule has 0 aromatic heterocycles. The number of amides is 3. The summed E-state index contributed by atoms with van der Waals surface area (Å²) in [6.07, 6.45) is -0.850. The van der Waals surface area contributed by atoms with E-state index in [0.717, 1.165) is 34.4 Å². The van der Waals surface area contributed by atoms with E-state index in [9.17, 15) is 28.3 Å². The monoisotopic (exact) mass is 477 g/mol. The quantitative estimate of drug-likeness (QED) is 0.536. The summed E-state index contributed by atoms with van der Waals surface area (Å²) in [7, 11) is 0. The summed E-state index contributed by atoms with van der Waals surface area (Å²) in [5.74, 6) is -4.06. The molecular formula is C23H25F2N3O4S. The van der Waals surface area contributed by atoms with Crippen molar-refractivity contribution in [2.75, 3.05) is 5.88 Å². The maximum Gasteiger partial charge on any atom is 0.252 e. The number of aliphatic hydroxyl groups is 1. The Labute approximate surface area is 194 Å². The van der Waals surface area contributed by atoms with Crippen LogP contribution in [0.4, 0.5) is 8.78 Å². The van der Waals surface area contributed by atoms with Crippen LogP contribution in [0.5, 0.6) is 0 Å². The minimum atomic E-state index is -1.48. The number of carbonyl (C=O) groups is 3. The molecule has 176 valence electrons. The third-order valence-electron chi connectivity index (χ3n) is 5.69. The molecule has 1 aliphatic heterocycles. The standard InChI is InChI=1S/C23H25F2N3O4S/c1-23(22(26)32)19(20(30)27-12-15-16(24)8-5-9-17(15)25)28(13-33-23)21(31)18(29)11-10-14-6-3-2-4-7-14/h2-9,18-19,29H,10-13H2,1H3,(H2,26,32)(H,27,30). The Balaban J connectivity index is 1.75. The van der Waals surface area contributed by atoms with Crippen LogP contribution in [0.25, 0.3) is 0 Å². The van der Waals surface area contributed by atoms with Gasteiger partial charge in [-0.1, -0.05) is 36.4 Å². The third kappa shape index (κ3) is 5.33. The van der Waals surface area contributed by atoms with E-state index in [0.29, 0.717) is 6.42 Å². The Morgan fingerprint density at radius 2 is 1.82 bits per heavy atom. The Hall–Kier alpha value is -2.98. The number of nitrogens with two attached hydrogens (primary N) is 1. The van der Waals surface area contributed by atoms with Gasteiger partial charge in [0, 0.05) is 12.1 Å². The Kier molecular flexibility index (Phi) is 7.70. The third-order valence-corrected chi connectivity index (χ3v) is 7.12. The molecule has 10 heteroatoms. The topological polar surface area (TPSA) is 113 Å². The molecule has 4 N–H and O–H groups in total. The fourth-order valence-electron chi connectivity index (χ4n) is 3.68. The second-order valence-electron chi connectivity index (χ2n) is 7.91. The van der Waals surface area contributed by atoms with Crippen LogP contribution in [-0.4, -0.2) is 50.5 Å². The highest BCUT2D eigenvalue weighted by Crippen LogP contribution is 2.40. The number of hydrogen-bond acceptors (Lipinski definition) is 5. The molecule has 1 saturated heterocycles. The summed E-state index contributed by atoms with van der Waals surface area (Å²) in [5.41, 5.74) is 6.11. The van der Waals surface area contributed by atoms with Crippen molar-refractivity contribution in [3.8, 4) is 0 Å². The molecule has 0 bridgehead atoms. The second kappa shape index (κ2) is 10.3. The number of hydrogen-bond donors (Lipinski definition) is 3. The lowest BCUT2D eigenvalue weighted by atomic mass is 9.96. The van der Waals surface area contributed by atoms with Gasteiger partial charge in [-0.2, -0.15) is 0 Å². The molecule has 0 saturated carbocycles. The summed E-state index contributed by atoms with van der Waals surface area (Å²) in [4.78, 5) is 39.3. The van der Waals surface area contributed by atoms with Gasteiger partial charge < -0.3 is 21.1 Å². The molecule has 0 spiro atoms. The molecule has 7 nitrogen and oxygen atoms in total. The number of benzene rings is 2. The van der Waals surface area contributed by atoms with Crippen LogP contribution >= 0.6 is 11.8 Å². The first-order valence-electron chi connectivity index (χ1n) is 10.3. The van der Waals surface area contributed by atoms with Crippen molar-refractivity contribution < 1.29 is 28.3 Å². The zero-order valence-corrected chi connectivity index (χ0v) is 18.8. The minimum absolute atomic E-state index is 0.0488. The predicted molar refractivity (Wildman–Crippen MR) is 120 cm³/mol. The lowest BCUT2D eigenvalue weighted by Gasteiger charge is -2.31. The van der Waals surface area contributed by atoms with Gasteiger partial charge in [-0.3, -0.25) is 14.4 Å².